The summed E-state index contributed by atoms with van der Waals surface area (Å²) < 4.78 is 0. The standard InChI is InChI=1S/C6H10N4O/c1-9-5(11)4-10-3-2-7-6(10)8-9/h2-4H2,1H3,(H,7,8). The van der Waals surface area contributed by atoms with Gasteiger partial charge < -0.3 is 4.90 Å². The van der Waals surface area contributed by atoms with Crippen molar-refractivity contribution in [1.29, 1.82) is 0 Å². The van der Waals surface area contributed by atoms with Crippen molar-refractivity contribution in [2.75, 3.05) is 26.7 Å². The average Bonchev–Trinajstić information content (AvgIpc) is 2.36. The molecule has 0 aromatic carbocycles. The summed E-state index contributed by atoms with van der Waals surface area (Å²) in [5.41, 5.74) is 2.89. The molecule has 0 bridgehead atoms. The summed E-state index contributed by atoms with van der Waals surface area (Å²) in [6.45, 7) is 2.12. The highest BCUT2D eigenvalue weighted by Gasteiger charge is 2.27. The fraction of sp³-hybridized carbons (Fsp3) is 0.667. The second kappa shape index (κ2) is 2.11. The second-order valence-corrected chi connectivity index (χ2v) is 2.69. The first-order chi connectivity index (χ1) is 5.27. The van der Waals surface area contributed by atoms with Crippen LogP contribution in [0.5, 0.6) is 0 Å². The van der Waals surface area contributed by atoms with Crippen LogP contribution in [-0.4, -0.2) is 48.5 Å². The molecular formula is C6H10N4O. The quantitative estimate of drug-likeness (QED) is 0.468. The Morgan fingerprint density at radius 1 is 1.64 bits per heavy atom. The molecule has 0 aromatic rings. The number of guanidine groups is 1. The van der Waals surface area contributed by atoms with Crippen molar-refractivity contribution in [1.82, 2.24) is 15.3 Å². The number of nitrogens with one attached hydrogen (secondary N) is 1. The number of nitrogens with zero attached hydrogens (tertiary/aromatic N) is 3. The predicted molar refractivity (Wildman–Crippen MR) is 39.8 cm³/mol. The molecule has 5 nitrogen and oxygen atoms in total. The van der Waals surface area contributed by atoms with E-state index in [1.807, 2.05) is 4.90 Å². The zero-order valence-electron chi connectivity index (χ0n) is 6.37. The Morgan fingerprint density at radius 2 is 2.45 bits per heavy atom. The molecule has 2 aliphatic heterocycles. The number of hydrazine groups is 1. The molecule has 0 unspecified atom stereocenters. The third kappa shape index (κ3) is 0.923. The van der Waals surface area contributed by atoms with Gasteiger partial charge in [0.15, 0.2) is 0 Å². The minimum atomic E-state index is 0.0888. The van der Waals surface area contributed by atoms with E-state index >= 15 is 0 Å². The topological polar surface area (TPSA) is 47.9 Å². The molecule has 5 heteroatoms. The van der Waals surface area contributed by atoms with Gasteiger partial charge >= 0.3 is 0 Å². The van der Waals surface area contributed by atoms with Crippen LogP contribution in [0.15, 0.2) is 4.99 Å². The van der Waals surface area contributed by atoms with E-state index in [9.17, 15) is 4.79 Å². The highest BCUT2D eigenvalue weighted by Crippen LogP contribution is 2.04. The SMILES string of the molecule is CN1NC2=NCCN2CC1=O. The predicted octanol–water partition coefficient (Wildman–Crippen LogP) is -1.37. The molecule has 1 saturated heterocycles. The number of carbonyl (C=O) groups excluding carboxylic acids is 1. The molecule has 0 aliphatic carbocycles. The van der Waals surface area contributed by atoms with E-state index in [-0.39, 0.29) is 5.91 Å². The molecule has 1 amide bonds. The van der Waals surface area contributed by atoms with Crippen molar-refractivity contribution < 1.29 is 4.79 Å². The third-order valence-electron chi connectivity index (χ3n) is 1.90. The molecule has 60 valence electrons. The van der Waals surface area contributed by atoms with Gasteiger partial charge in [0.1, 0.15) is 6.54 Å². The number of aliphatic imine (C=N–C) groups is 1. The van der Waals surface area contributed by atoms with Crippen molar-refractivity contribution in [3.8, 4) is 0 Å². The van der Waals surface area contributed by atoms with Crippen molar-refractivity contribution in [2.24, 2.45) is 4.99 Å². The minimum absolute atomic E-state index is 0.0888. The summed E-state index contributed by atoms with van der Waals surface area (Å²) in [4.78, 5) is 17.2. The van der Waals surface area contributed by atoms with E-state index in [4.69, 9.17) is 0 Å². The lowest BCUT2D eigenvalue weighted by molar-refractivity contribution is -0.133. The van der Waals surface area contributed by atoms with Gasteiger partial charge in [0.25, 0.3) is 5.91 Å². The fourth-order valence-corrected chi connectivity index (χ4v) is 1.22. The van der Waals surface area contributed by atoms with Crippen LogP contribution in [0.3, 0.4) is 0 Å². The Bertz CT molecular complexity index is 225. The molecule has 0 spiro atoms. The van der Waals surface area contributed by atoms with Gasteiger partial charge in [-0.15, -0.1) is 0 Å². The van der Waals surface area contributed by atoms with Crippen LogP contribution < -0.4 is 5.43 Å². The van der Waals surface area contributed by atoms with Crippen molar-refractivity contribution >= 4 is 11.9 Å². The summed E-state index contributed by atoms with van der Waals surface area (Å²) in [6, 6.07) is 0. The fourth-order valence-electron chi connectivity index (χ4n) is 1.22. The highest BCUT2D eigenvalue weighted by molar-refractivity contribution is 5.92. The number of amides is 1. The first-order valence-electron chi connectivity index (χ1n) is 3.60. The van der Waals surface area contributed by atoms with Gasteiger partial charge in [-0.1, -0.05) is 0 Å². The number of hydrogen-bond donors (Lipinski definition) is 1. The Kier molecular flexibility index (Phi) is 1.24. The lowest BCUT2D eigenvalue weighted by Gasteiger charge is -2.31. The summed E-state index contributed by atoms with van der Waals surface area (Å²) in [7, 11) is 1.71. The Labute approximate surface area is 64.6 Å². The molecule has 0 aromatic heterocycles. The molecule has 2 rings (SSSR count). The van der Waals surface area contributed by atoms with Crippen LogP contribution in [0.2, 0.25) is 0 Å². The number of hydrogen-bond acceptors (Lipinski definition) is 4. The molecule has 0 saturated carbocycles. The Morgan fingerprint density at radius 3 is 3.27 bits per heavy atom. The molecule has 2 aliphatic rings. The number of fused-ring (bicyclic) bond motifs is 1. The zero-order valence-corrected chi connectivity index (χ0v) is 6.37. The summed E-state index contributed by atoms with van der Waals surface area (Å²) in [5.74, 6) is 0.915. The maximum atomic E-state index is 11.1. The molecule has 1 N–H and O–H groups in total. The summed E-state index contributed by atoms with van der Waals surface area (Å²) in [5, 5.41) is 1.47. The van der Waals surface area contributed by atoms with Crippen LogP contribution in [-0.2, 0) is 4.79 Å². The zero-order chi connectivity index (χ0) is 7.84. The first-order valence-corrected chi connectivity index (χ1v) is 3.60. The second-order valence-electron chi connectivity index (χ2n) is 2.69. The van der Waals surface area contributed by atoms with E-state index in [1.165, 1.54) is 5.01 Å². The molecule has 0 radical (unpaired) electrons. The Balaban J connectivity index is 2.15. The van der Waals surface area contributed by atoms with Gasteiger partial charge in [-0.05, 0) is 0 Å². The van der Waals surface area contributed by atoms with Gasteiger partial charge in [0.2, 0.25) is 5.96 Å². The number of rotatable bonds is 0. The van der Waals surface area contributed by atoms with E-state index < -0.39 is 0 Å². The molecular weight excluding hydrogens is 144 g/mol. The number of likely N-dealkylation sites (N-methyl/N-ethyl adjacent to an activating group) is 1. The first kappa shape index (κ1) is 6.45. The van der Waals surface area contributed by atoms with Crippen molar-refractivity contribution in [3.63, 3.8) is 0 Å². The van der Waals surface area contributed by atoms with Crippen LogP contribution >= 0.6 is 0 Å². The maximum Gasteiger partial charge on any atom is 0.260 e. The molecule has 11 heavy (non-hydrogen) atoms. The van der Waals surface area contributed by atoms with E-state index in [0.29, 0.717) is 6.54 Å². The summed E-state index contributed by atoms with van der Waals surface area (Å²) >= 11 is 0. The van der Waals surface area contributed by atoms with Gasteiger partial charge in [-0.25, -0.2) is 4.99 Å². The van der Waals surface area contributed by atoms with Gasteiger partial charge in [0, 0.05) is 13.6 Å². The Hall–Kier alpha value is -1.26. The van der Waals surface area contributed by atoms with Crippen LogP contribution in [0.4, 0.5) is 0 Å². The van der Waals surface area contributed by atoms with E-state index in [2.05, 4.69) is 10.4 Å². The number of carbonyl (C=O) groups is 1. The normalized spacial score (nSPS) is 23.0. The molecule has 1 fully saturated rings. The van der Waals surface area contributed by atoms with Gasteiger partial charge in [-0.3, -0.25) is 15.2 Å². The molecule has 0 atom stereocenters. The van der Waals surface area contributed by atoms with E-state index in [1.54, 1.807) is 7.05 Å². The minimum Gasteiger partial charge on any atom is -0.330 e. The summed E-state index contributed by atoms with van der Waals surface area (Å²) in [6.07, 6.45) is 0. The highest BCUT2D eigenvalue weighted by atomic mass is 16.2. The van der Waals surface area contributed by atoms with Crippen molar-refractivity contribution in [2.45, 2.75) is 0 Å². The largest absolute Gasteiger partial charge is 0.330 e. The van der Waals surface area contributed by atoms with Crippen LogP contribution in [0, 0.1) is 0 Å². The van der Waals surface area contributed by atoms with Crippen LogP contribution in [0.25, 0.3) is 0 Å². The maximum absolute atomic E-state index is 11.1. The van der Waals surface area contributed by atoms with Gasteiger partial charge in [-0.2, -0.15) is 0 Å². The van der Waals surface area contributed by atoms with E-state index in [0.717, 1.165) is 19.0 Å². The lowest BCUT2D eigenvalue weighted by atomic mass is 10.4. The average molecular weight is 154 g/mol. The third-order valence-corrected chi connectivity index (χ3v) is 1.90. The smallest absolute Gasteiger partial charge is 0.260 e. The molecule has 2 heterocycles. The van der Waals surface area contributed by atoms with Crippen molar-refractivity contribution in [3.05, 3.63) is 0 Å². The van der Waals surface area contributed by atoms with Gasteiger partial charge in [0.05, 0.1) is 6.54 Å². The monoisotopic (exact) mass is 154 g/mol. The lowest BCUT2D eigenvalue weighted by Crippen LogP contribution is -2.58. The van der Waals surface area contributed by atoms with Crippen LogP contribution in [0.1, 0.15) is 0 Å².